The molecular weight excluding hydrogens is 208 g/mol. The van der Waals surface area contributed by atoms with E-state index in [0.29, 0.717) is 17.3 Å². The molecule has 0 saturated heterocycles. The lowest BCUT2D eigenvalue weighted by molar-refractivity contribution is -0.117. The van der Waals surface area contributed by atoms with Crippen LogP contribution in [-0.2, 0) is 9.59 Å². The largest absolute Gasteiger partial charge is 0.300 e. The van der Waals surface area contributed by atoms with Gasteiger partial charge >= 0.3 is 0 Å². The first-order chi connectivity index (χ1) is 7.16. The van der Waals surface area contributed by atoms with Crippen molar-refractivity contribution in [3.63, 3.8) is 0 Å². The molecule has 15 heavy (non-hydrogen) atoms. The molecule has 0 aromatic carbocycles. The fourth-order valence-corrected chi connectivity index (χ4v) is 1.80. The van der Waals surface area contributed by atoms with Crippen molar-refractivity contribution in [2.75, 3.05) is 6.26 Å². The van der Waals surface area contributed by atoms with E-state index in [0.717, 1.165) is 32.1 Å². The topological polar surface area (TPSA) is 34.1 Å². The van der Waals surface area contributed by atoms with E-state index in [2.05, 4.69) is 0 Å². The molecule has 0 unspecified atom stereocenters. The maximum atomic E-state index is 10.9. The minimum atomic E-state index is 0.292. The van der Waals surface area contributed by atoms with Crippen LogP contribution in [-0.4, -0.2) is 17.2 Å². The number of unbranched alkanes of at least 4 members (excludes halogenated alkanes) is 5. The first kappa shape index (κ1) is 14.7. The van der Waals surface area contributed by atoms with Gasteiger partial charge in [0.15, 0.2) is 5.12 Å². The maximum Gasteiger partial charge on any atom is 0.188 e. The van der Waals surface area contributed by atoms with E-state index in [9.17, 15) is 9.59 Å². The number of hydrogen-bond acceptors (Lipinski definition) is 3. The molecule has 0 atom stereocenters. The van der Waals surface area contributed by atoms with Crippen LogP contribution in [0.15, 0.2) is 0 Å². The van der Waals surface area contributed by atoms with Crippen molar-refractivity contribution < 1.29 is 9.59 Å². The van der Waals surface area contributed by atoms with Gasteiger partial charge in [-0.05, 0) is 26.0 Å². The van der Waals surface area contributed by atoms with Gasteiger partial charge in [0.05, 0.1) is 0 Å². The molecule has 0 N–H and O–H groups in total. The first-order valence-corrected chi connectivity index (χ1v) is 6.95. The van der Waals surface area contributed by atoms with E-state index in [-0.39, 0.29) is 0 Å². The van der Waals surface area contributed by atoms with Gasteiger partial charge in [-0.3, -0.25) is 4.79 Å². The number of carbonyl (C=O) groups is 2. The first-order valence-electron chi connectivity index (χ1n) is 5.73. The Bertz CT molecular complexity index is 190. The monoisotopic (exact) mass is 230 g/mol. The zero-order valence-corrected chi connectivity index (χ0v) is 10.7. The second-order valence-corrected chi connectivity index (χ2v) is 4.76. The lowest BCUT2D eigenvalue weighted by atomic mass is 10.1. The molecule has 0 aliphatic rings. The van der Waals surface area contributed by atoms with Gasteiger partial charge in [0.2, 0.25) is 0 Å². The SMILES string of the molecule is CSC(=O)CCCCCCCCC(C)=O. The van der Waals surface area contributed by atoms with Crippen LogP contribution >= 0.6 is 11.8 Å². The Hall–Kier alpha value is -0.310. The van der Waals surface area contributed by atoms with Crippen LogP contribution in [0.4, 0.5) is 0 Å². The Kier molecular flexibility index (Phi) is 10.0. The van der Waals surface area contributed by atoms with Crippen molar-refractivity contribution in [1.29, 1.82) is 0 Å². The van der Waals surface area contributed by atoms with E-state index in [1.54, 1.807) is 6.92 Å². The fourth-order valence-electron chi connectivity index (χ4n) is 1.45. The number of Topliss-reactive ketones (excluding diaryl/α,β-unsaturated/α-hetero) is 1. The molecule has 0 fully saturated rings. The molecule has 0 aliphatic heterocycles. The van der Waals surface area contributed by atoms with Crippen molar-refractivity contribution in [1.82, 2.24) is 0 Å². The zero-order valence-electron chi connectivity index (χ0n) is 9.88. The molecule has 0 spiro atoms. The average molecular weight is 230 g/mol. The fraction of sp³-hybridized carbons (Fsp3) is 0.833. The van der Waals surface area contributed by atoms with E-state index >= 15 is 0 Å². The quantitative estimate of drug-likeness (QED) is 0.568. The van der Waals surface area contributed by atoms with Gasteiger partial charge in [-0.15, -0.1) is 0 Å². The highest BCUT2D eigenvalue weighted by molar-refractivity contribution is 8.13. The van der Waals surface area contributed by atoms with Crippen LogP contribution in [0.5, 0.6) is 0 Å². The third-order valence-corrected chi connectivity index (χ3v) is 3.05. The highest BCUT2D eigenvalue weighted by atomic mass is 32.2. The van der Waals surface area contributed by atoms with E-state index in [1.165, 1.54) is 24.6 Å². The van der Waals surface area contributed by atoms with Crippen LogP contribution in [0.1, 0.15) is 58.3 Å². The van der Waals surface area contributed by atoms with Crippen molar-refractivity contribution in [3.8, 4) is 0 Å². The molecule has 0 amide bonds. The third kappa shape index (κ3) is 11.6. The number of carbonyl (C=O) groups excluding carboxylic acids is 2. The van der Waals surface area contributed by atoms with Crippen molar-refractivity contribution in [2.24, 2.45) is 0 Å². The Morgan fingerprint density at radius 1 is 0.867 bits per heavy atom. The number of ketones is 1. The number of thioether (sulfide) groups is 1. The Morgan fingerprint density at radius 3 is 1.80 bits per heavy atom. The van der Waals surface area contributed by atoms with Gasteiger partial charge in [-0.2, -0.15) is 0 Å². The Balaban J connectivity index is 3.05. The van der Waals surface area contributed by atoms with Gasteiger partial charge in [0, 0.05) is 12.8 Å². The summed E-state index contributed by atoms with van der Waals surface area (Å²) in [6.45, 7) is 1.65. The molecule has 3 heteroatoms. The molecule has 0 aromatic rings. The normalized spacial score (nSPS) is 10.3. The molecule has 2 nitrogen and oxygen atoms in total. The maximum absolute atomic E-state index is 10.9. The average Bonchev–Trinajstić information content (AvgIpc) is 2.21. The van der Waals surface area contributed by atoms with Crippen LogP contribution in [0.3, 0.4) is 0 Å². The summed E-state index contributed by atoms with van der Waals surface area (Å²) < 4.78 is 0. The van der Waals surface area contributed by atoms with E-state index < -0.39 is 0 Å². The Labute approximate surface area is 97.2 Å². The van der Waals surface area contributed by atoms with Gasteiger partial charge in [-0.25, -0.2) is 0 Å². The summed E-state index contributed by atoms with van der Waals surface area (Å²) in [7, 11) is 0. The highest BCUT2D eigenvalue weighted by Gasteiger charge is 1.98. The summed E-state index contributed by atoms with van der Waals surface area (Å²) >= 11 is 1.32. The molecule has 0 aromatic heterocycles. The van der Waals surface area contributed by atoms with E-state index in [4.69, 9.17) is 0 Å². The summed E-state index contributed by atoms with van der Waals surface area (Å²) in [5, 5.41) is 0.298. The van der Waals surface area contributed by atoms with Gasteiger partial charge in [0.25, 0.3) is 0 Å². The molecule has 88 valence electrons. The highest BCUT2D eigenvalue weighted by Crippen LogP contribution is 2.11. The van der Waals surface area contributed by atoms with Gasteiger partial charge < -0.3 is 4.79 Å². The molecular formula is C12H22O2S. The number of hydrogen-bond donors (Lipinski definition) is 0. The predicted octanol–water partition coefficient (Wildman–Crippen LogP) is 3.59. The molecule has 0 saturated carbocycles. The summed E-state index contributed by atoms with van der Waals surface area (Å²) in [6, 6.07) is 0. The van der Waals surface area contributed by atoms with Gasteiger partial charge in [0.1, 0.15) is 5.78 Å². The second kappa shape index (κ2) is 10.2. The molecule has 0 aliphatic carbocycles. The van der Waals surface area contributed by atoms with E-state index in [1.807, 2.05) is 6.26 Å². The lowest BCUT2D eigenvalue weighted by Gasteiger charge is -2.00. The lowest BCUT2D eigenvalue weighted by Crippen LogP contribution is -1.91. The predicted molar refractivity (Wildman–Crippen MR) is 66.1 cm³/mol. The standard InChI is InChI=1S/C12H22O2S/c1-11(13)9-7-5-3-4-6-8-10-12(14)15-2/h3-10H2,1-2H3. The molecule has 0 radical (unpaired) electrons. The van der Waals surface area contributed by atoms with Crippen molar-refractivity contribution in [2.45, 2.75) is 58.3 Å². The molecule has 0 bridgehead atoms. The summed E-state index contributed by atoms with van der Waals surface area (Å²) in [4.78, 5) is 21.6. The second-order valence-electron chi connectivity index (χ2n) is 3.90. The number of rotatable bonds is 9. The molecule has 0 rings (SSSR count). The van der Waals surface area contributed by atoms with Crippen LogP contribution in [0, 0.1) is 0 Å². The summed E-state index contributed by atoms with van der Waals surface area (Å²) in [5.41, 5.74) is 0. The smallest absolute Gasteiger partial charge is 0.188 e. The van der Waals surface area contributed by atoms with Crippen molar-refractivity contribution in [3.05, 3.63) is 0 Å². The van der Waals surface area contributed by atoms with Crippen LogP contribution < -0.4 is 0 Å². The zero-order chi connectivity index (χ0) is 11.5. The molecule has 0 heterocycles. The third-order valence-electron chi connectivity index (χ3n) is 2.39. The summed E-state index contributed by atoms with van der Waals surface area (Å²) in [5.74, 6) is 0.292. The summed E-state index contributed by atoms with van der Waals surface area (Å²) in [6.07, 6.45) is 10.0. The van der Waals surface area contributed by atoms with Crippen molar-refractivity contribution >= 4 is 22.7 Å². The van der Waals surface area contributed by atoms with Crippen LogP contribution in [0.2, 0.25) is 0 Å². The Morgan fingerprint density at radius 2 is 1.33 bits per heavy atom. The van der Waals surface area contributed by atoms with Gasteiger partial charge in [-0.1, -0.05) is 37.4 Å². The minimum absolute atomic E-state index is 0.292. The minimum Gasteiger partial charge on any atom is -0.300 e. The van der Waals surface area contributed by atoms with Crippen LogP contribution in [0.25, 0.3) is 0 Å².